The van der Waals surface area contributed by atoms with Crippen LogP contribution in [0.1, 0.15) is 48.8 Å². The van der Waals surface area contributed by atoms with Crippen molar-refractivity contribution in [2.24, 2.45) is 11.5 Å². The van der Waals surface area contributed by atoms with E-state index in [4.69, 9.17) is 11.5 Å². The normalized spacial score (nSPS) is 14.0. The van der Waals surface area contributed by atoms with Crippen molar-refractivity contribution in [3.05, 3.63) is 120 Å². The Kier molecular flexibility index (Phi) is 13.7. The number of carboxylic acids is 2. The summed E-state index contributed by atoms with van der Waals surface area (Å²) in [5.41, 5.74) is 14.5. The maximum absolute atomic E-state index is 14.5. The molecule has 55 heavy (non-hydrogen) atoms. The van der Waals surface area contributed by atoms with Crippen LogP contribution in [0.2, 0.25) is 0 Å². The first-order chi connectivity index (χ1) is 26.5. The topological polar surface area (TPSA) is 230 Å². The molecule has 0 aliphatic carbocycles. The van der Waals surface area contributed by atoms with Gasteiger partial charge in [-0.2, -0.15) is 0 Å². The molecule has 0 radical (unpaired) electrons. The summed E-state index contributed by atoms with van der Waals surface area (Å²) < 4.78 is 0. The van der Waals surface area contributed by atoms with Crippen LogP contribution in [0.3, 0.4) is 0 Å². The fourth-order valence-corrected chi connectivity index (χ4v) is 6.75. The number of aliphatic carboxylic acids is 2. The fraction of sp³-hybridized carbons (Fsp3) is 0.310. The molecule has 1 aromatic heterocycles. The number of unbranched alkanes of at least 4 members (excludes halogenated alkanes) is 1. The van der Waals surface area contributed by atoms with Crippen LogP contribution in [0.4, 0.5) is 0 Å². The van der Waals surface area contributed by atoms with Gasteiger partial charge in [0, 0.05) is 36.4 Å². The molecule has 0 bridgehead atoms. The van der Waals surface area contributed by atoms with Crippen LogP contribution in [0.15, 0.2) is 103 Å². The number of hydrogen-bond acceptors (Lipinski definition) is 7. The van der Waals surface area contributed by atoms with Gasteiger partial charge in [-0.1, -0.05) is 91.0 Å². The first-order valence-electron chi connectivity index (χ1n) is 18.4. The van der Waals surface area contributed by atoms with Gasteiger partial charge < -0.3 is 42.6 Å². The summed E-state index contributed by atoms with van der Waals surface area (Å²) in [7, 11) is 0. The highest BCUT2D eigenvalue weighted by molar-refractivity contribution is 5.96. The lowest BCUT2D eigenvalue weighted by Gasteiger charge is -2.31. The summed E-state index contributed by atoms with van der Waals surface area (Å²) in [5, 5.41) is 30.2. The second-order valence-corrected chi connectivity index (χ2v) is 13.9. The number of para-hydroxylation sites is 1. The van der Waals surface area contributed by atoms with Crippen LogP contribution in [0.5, 0.6) is 0 Å². The number of amides is 3. The summed E-state index contributed by atoms with van der Waals surface area (Å²) in [5.74, 6) is -4.72. The molecule has 4 aromatic carbocycles. The minimum absolute atomic E-state index is 0.0362. The number of nitrogens with one attached hydrogen (secondary N) is 4. The Labute approximate surface area is 318 Å². The molecule has 13 heteroatoms. The van der Waals surface area contributed by atoms with E-state index in [-0.39, 0.29) is 32.1 Å². The highest BCUT2D eigenvalue weighted by Gasteiger charge is 2.38. The van der Waals surface area contributed by atoms with Gasteiger partial charge in [-0.05, 0) is 72.2 Å². The third kappa shape index (κ3) is 11.0. The molecule has 13 nitrogen and oxygen atoms in total. The molecule has 4 atom stereocenters. The number of H-pyrrole nitrogens is 1. The average molecular weight is 749 g/mol. The maximum atomic E-state index is 14.5. The van der Waals surface area contributed by atoms with Crippen molar-refractivity contribution < 1.29 is 34.2 Å². The Morgan fingerprint density at radius 1 is 0.691 bits per heavy atom. The largest absolute Gasteiger partial charge is 0.481 e. The number of nitrogens with two attached hydrogens (primary N) is 2. The minimum atomic E-state index is -1.55. The lowest BCUT2D eigenvalue weighted by molar-refractivity contribution is -0.143. The molecule has 0 aliphatic rings. The van der Waals surface area contributed by atoms with Crippen LogP contribution in [-0.2, 0) is 43.2 Å². The number of aromatic nitrogens is 1. The summed E-state index contributed by atoms with van der Waals surface area (Å²) >= 11 is 0. The molecule has 5 aromatic rings. The van der Waals surface area contributed by atoms with Gasteiger partial charge in [0.15, 0.2) is 0 Å². The van der Waals surface area contributed by atoms with E-state index in [0.717, 1.165) is 32.8 Å². The molecule has 10 N–H and O–H groups in total. The van der Waals surface area contributed by atoms with Crippen molar-refractivity contribution in [2.45, 2.75) is 75.0 Å². The van der Waals surface area contributed by atoms with Crippen molar-refractivity contribution in [1.82, 2.24) is 20.9 Å². The number of aromatic amines is 1. The van der Waals surface area contributed by atoms with Crippen molar-refractivity contribution >= 4 is 51.3 Å². The lowest BCUT2D eigenvalue weighted by atomic mass is 9.83. The van der Waals surface area contributed by atoms with Crippen molar-refractivity contribution in [2.75, 3.05) is 6.54 Å². The molecule has 0 saturated heterocycles. The van der Waals surface area contributed by atoms with E-state index >= 15 is 0 Å². The predicted octanol–water partition coefficient (Wildman–Crippen LogP) is 3.58. The van der Waals surface area contributed by atoms with E-state index in [2.05, 4.69) is 20.9 Å². The standard InChI is InChI=1S/C42H48N6O7/c43-21-9-8-16-34(38(51)46-35(19-20-37(49)50)39(52)47-36(40(53)54)23-27-10-2-1-3-11-27)48-41(55)42(44,25-31-26-45-33-15-7-6-14-32(31)33)24-28-17-18-29-12-4-5-13-30(29)22-28/h1-7,10-15,17-18,22,26,34-36,45H,8-9,16,19-21,23-25,43-44H2,(H,46,51)(H,47,52)(H,48,55)(H,49,50)(H,53,54)/t34-,35-,36-,42?/m0/s1. The SMILES string of the molecule is NCCCC[C@H](NC(=O)C(N)(Cc1ccc2ccccc2c1)Cc1c[nH]c2ccccc12)C(=O)N[C@@H](CCC(=O)O)C(=O)N[C@@H](Cc1ccccc1)C(=O)O. The van der Waals surface area contributed by atoms with Crippen LogP contribution < -0.4 is 27.4 Å². The summed E-state index contributed by atoms with van der Waals surface area (Å²) in [6, 6.07) is 26.1. The quantitative estimate of drug-likeness (QED) is 0.0543. The molecule has 3 amide bonds. The smallest absolute Gasteiger partial charge is 0.326 e. The molecule has 5 rings (SSSR count). The van der Waals surface area contributed by atoms with Crippen molar-refractivity contribution in [3.8, 4) is 0 Å². The molecule has 1 heterocycles. The number of carboxylic acid groups (broad SMARTS) is 2. The number of fused-ring (bicyclic) bond motifs is 2. The molecule has 0 fully saturated rings. The Hall–Kier alpha value is -6.05. The molecule has 0 aliphatic heterocycles. The van der Waals surface area contributed by atoms with E-state index in [1.807, 2.05) is 72.9 Å². The average Bonchev–Trinajstić information content (AvgIpc) is 3.57. The molecule has 0 saturated carbocycles. The fourth-order valence-electron chi connectivity index (χ4n) is 6.75. The number of hydrogen-bond donors (Lipinski definition) is 8. The van der Waals surface area contributed by atoms with Crippen molar-refractivity contribution in [3.63, 3.8) is 0 Å². The van der Waals surface area contributed by atoms with Gasteiger partial charge in [-0.3, -0.25) is 19.2 Å². The van der Waals surface area contributed by atoms with Gasteiger partial charge in [0.2, 0.25) is 17.7 Å². The third-order valence-corrected chi connectivity index (χ3v) is 9.71. The van der Waals surface area contributed by atoms with Crippen LogP contribution in [0.25, 0.3) is 21.7 Å². The molecule has 0 spiro atoms. The van der Waals surface area contributed by atoms with Gasteiger partial charge >= 0.3 is 11.9 Å². The van der Waals surface area contributed by atoms with Gasteiger partial charge in [-0.25, -0.2) is 4.79 Å². The van der Waals surface area contributed by atoms with Gasteiger partial charge in [-0.15, -0.1) is 0 Å². The van der Waals surface area contributed by atoms with Crippen LogP contribution in [0, 0.1) is 0 Å². The predicted molar refractivity (Wildman–Crippen MR) is 210 cm³/mol. The zero-order valence-electron chi connectivity index (χ0n) is 30.5. The van der Waals surface area contributed by atoms with Crippen LogP contribution >= 0.6 is 0 Å². The zero-order chi connectivity index (χ0) is 39.4. The lowest BCUT2D eigenvalue weighted by Crippen LogP contribution is -2.62. The Balaban J connectivity index is 1.40. The summed E-state index contributed by atoms with van der Waals surface area (Å²) in [6.45, 7) is 0.341. The Morgan fingerprint density at radius 2 is 1.35 bits per heavy atom. The van der Waals surface area contributed by atoms with E-state index in [1.54, 1.807) is 30.3 Å². The first-order valence-corrected chi connectivity index (χ1v) is 18.4. The number of carbonyl (C=O) groups excluding carboxylic acids is 3. The van der Waals surface area contributed by atoms with E-state index in [9.17, 15) is 34.2 Å². The maximum Gasteiger partial charge on any atom is 0.326 e. The first kappa shape index (κ1) is 40.1. The van der Waals surface area contributed by atoms with Crippen molar-refractivity contribution in [1.29, 1.82) is 0 Å². The van der Waals surface area contributed by atoms with E-state index < -0.39 is 59.7 Å². The highest BCUT2D eigenvalue weighted by Crippen LogP contribution is 2.26. The van der Waals surface area contributed by atoms with Crippen LogP contribution in [-0.4, -0.2) is 75.1 Å². The highest BCUT2D eigenvalue weighted by atomic mass is 16.4. The number of benzene rings is 4. The zero-order valence-corrected chi connectivity index (χ0v) is 30.5. The van der Waals surface area contributed by atoms with Gasteiger partial charge in [0.1, 0.15) is 23.7 Å². The molecule has 288 valence electrons. The Bertz CT molecular complexity index is 2120. The monoisotopic (exact) mass is 748 g/mol. The van der Waals surface area contributed by atoms with E-state index in [0.29, 0.717) is 24.9 Å². The second kappa shape index (κ2) is 18.8. The summed E-state index contributed by atoms with van der Waals surface area (Å²) in [6.07, 6.45) is 2.36. The molecular formula is C42H48N6O7. The number of rotatable bonds is 20. The molecular weight excluding hydrogens is 700 g/mol. The summed E-state index contributed by atoms with van der Waals surface area (Å²) in [4.78, 5) is 69.0. The van der Waals surface area contributed by atoms with E-state index in [1.165, 1.54) is 0 Å². The number of carbonyl (C=O) groups is 5. The molecule has 1 unspecified atom stereocenters. The van der Waals surface area contributed by atoms with Gasteiger partial charge in [0.25, 0.3) is 0 Å². The third-order valence-electron chi connectivity index (χ3n) is 9.71. The Morgan fingerprint density at radius 3 is 2.05 bits per heavy atom. The van der Waals surface area contributed by atoms with Gasteiger partial charge in [0.05, 0.1) is 0 Å². The second-order valence-electron chi connectivity index (χ2n) is 13.9. The minimum Gasteiger partial charge on any atom is -0.481 e.